The van der Waals surface area contributed by atoms with Crippen molar-refractivity contribution in [1.29, 1.82) is 0 Å². The molecule has 1 saturated heterocycles. The van der Waals surface area contributed by atoms with Crippen LogP contribution in [-0.2, 0) is 25.6 Å². The lowest BCUT2D eigenvalue weighted by atomic mass is 9.97. The molecule has 1 aromatic carbocycles. The summed E-state index contributed by atoms with van der Waals surface area (Å²) < 4.78 is 16.7. The van der Waals surface area contributed by atoms with Crippen molar-refractivity contribution in [2.24, 2.45) is 5.92 Å². The van der Waals surface area contributed by atoms with Crippen molar-refractivity contribution in [1.82, 2.24) is 4.90 Å². The van der Waals surface area contributed by atoms with E-state index in [1.165, 1.54) is 0 Å². The molecule has 2 atom stereocenters. The lowest BCUT2D eigenvalue weighted by molar-refractivity contribution is -0.156. The first-order valence-electron chi connectivity index (χ1n) is 9.35. The number of ether oxygens (including phenoxy) is 3. The van der Waals surface area contributed by atoms with Gasteiger partial charge < -0.3 is 14.2 Å². The molecule has 0 saturated carbocycles. The number of amides is 1. The summed E-state index contributed by atoms with van der Waals surface area (Å²) in [6.07, 6.45) is -0.230. The Morgan fingerprint density at radius 3 is 2.48 bits per heavy atom. The Hall–Kier alpha value is -2.08. The first-order chi connectivity index (χ1) is 12.5. The minimum atomic E-state index is -0.791. The normalized spacial score (nSPS) is 20.2. The van der Waals surface area contributed by atoms with Gasteiger partial charge in [-0.1, -0.05) is 37.3 Å². The Morgan fingerprint density at radius 2 is 1.89 bits per heavy atom. The van der Waals surface area contributed by atoms with Gasteiger partial charge >= 0.3 is 12.1 Å². The lowest BCUT2D eigenvalue weighted by Crippen LogP contribution is -2.50. The van der Waals surface area contributed by atoms with Gasteiger partial charge in [-0.25, -0.2) is 4.79 Å². The summed E-state index contributed by atoms with van der Waals surface area (Å²) in [4.78, 5) is 26.6. The fourth-order valence-corrected chi connectivity index (χ4v) is 3.18. The van der Waals surface area contributed by atoms with Crippen molar-refractivity contribution < 1.29 is 23.8 Å². The van der Waals surface area contributed by atoms with Gasteiger partial charge in [-0.2, -0.15) is 0 Å². The van der Waals surface area contributed by atoms with Crippen molar-refractivity contribution in [3.05, 3.63) is 35.9 Å². The SMILES string of the molecule is C[C@@H](CC(=O)OC(C)(C)C)[C@H]1COC(C)(C)N1C(=O)OCc1ccccc1. The molecule has 0 unspecified atom stereocenters. The highest BCUT2D eigenvalue weighted by Gasteiger charge is 2.47. The number of hydrogen-bond acceptors (Lipinski definition) is 5. The molecule has 150 valence electrons. The molecule has 2 rings (SSSR count). The number of benzene rings is 1. The molecule has 6 nitrogen and oxygen atoms in total. The smallest absolute Gasteiger partial charge is 0.412 e. The van der Waals surface area contributed by atoms with E-state index in [4.69, 9.17) is 14.2 Å². The van der Waals surface area contributed by atoms with Crippen LogP contribution >= 0.6 is 0 Å². The minimum absolute atomic E-state index is 0.120. The van der Waals surface area contributed by atoms with Crippen molar-refractivity contribution in [2.45, 2.75) is 71.9 Å². The van der Waals surface area contributed by atoms with Crippen LogP contribution in [0.15, 0.2) is 30.3 Å². The largest absolute Gasteiger partial charge is 0.460 e. The van der Waals surface area contributed by atoms with Crippen LogP contribution in [0.3, 0.4) is 0 Å². The summed E-state index contributed by atoms with van der Waals surface area (Å²) in [5.41, 5.74) is -0.404. The second-order valence-electron chi connectivity index (χ2n) is 8.50. The van der Waals surface area contributed by atoms with Crippen LogP contribution < -0.4 is 0 Å². The summed E-state index contributed by atoms with van der Waals surface area (Å²) in [7, 11) is 0. The maximum atomic E-state index is 12.8. The van der Waals surface area contributed by atoms with Crippen LogP contribution in [0.5, 0.6) is 0 Å². The topological polar surface area (TPSA) is 65.1 Å². The Balaban J connectivity index is 2.02. The fraction of sp³-hybridized carbons (Fsp3) is 0.619. The van der Waals surface area contributed by atoms with Crippen molar-refractivity contribution in [3.63, 3.8) is 0 Å². The van der Waals surface area contributed by atoms with Crippen molar-refractivity contribution in [2.75, 3.05) is 6.61 Å². The summed E-state index contributed by atoms with van der Waals surface area (Å²) in [6.45, 7) is 11.7. The summed E-state index contributed by atoms with van der Waals surface area (Å²) in [5, 5.41) is 0. The molecule has 0 aromatic heterocycles. The molecule has 0 aliphatic carbocycles. The van der Waals surface area contributed by atoms with E-state index in [1.54, 1.807) is 4.90 Å². The van der Waals surface area contributed by atoms with Gasteiger partial charge in [0.05, 0.1) is 19.1 Å². The molecular weight excluding hydrogens is 346 g/mol. The molecule has 6 heteroatoms. The van der Waals surface area contributed by atoms with Crippen LogP contribution in [0.2, 0.25) is 0 Å². The number of carbonyl (C=O) groups is 2. The first kappa shape index (κ1) is 21.2. The molecule has 1 heterocycles. The molecular formula is C21H31NO5. The predicted octanol–water partition coefficient (Wildman–Crippen LogP) is 4.13. The monoisotopic (exact) mass is 377 g/mol. The summed E-state index contributed by atoms with van der Waals surface area (Å²) >= 11 is 0. The quantitative estimate of drug-likeness (QED) is 0.722. The van der Waals surface area contributed by atoms with Gasteiger partial charge in [0, 0.05) is 0 Å². The first-order valence-corrected chi connectivity index (χ1v) is 9.35. The summed E-state index contributed by atoms with van der Waals surface area (Å²) in [6, 6.07) is 9.27. The van der Waals surface area contributed by atoms with E-state index in [0.29, 0.717) is 6.61 Å². The fourth-order valence-electron chi connectivity index (χ4n) is 3.18. The van der Waals surface area contributed by atoms with E-state index in [-0.39, 0.29) is 31.0 Å². The second kappa shape index (κ2) is 8.30. The van der Waals surface area contributed by atoms with E-state index in [0.717, 1.165) is 5.56 Å². The highest BCUT2D eigenvalue weighted by Crippen LogP contribution is 2.33. The van der Waals surface area contributed by atoms with Gasteiger partial charge in [0.2, 0.25) is 0 Å². The number of nitrogens with zero attached hydrogens (tertiary/aromatic N) is 1. The van der Waals surface area contributed by atoms with E-state index in [1.807, 2.05) is 71.9 Å². The van der Waals surface area contributed by atoms with Crippen molar-refractivity contribution >= 4 is 12.1 Å². The molecule has 1 amide bonds. The molecule has 1 aliphatic heterocycles. The van der Waals surface area contributed by atoms with Crippen LogP contribution in [0.4, 0.5) is 4.79 Å². The molecule has 27 heavy (non-hydrogen) atoms. The minimum Gasteiger partial charge on any atom is -0.460 e. The standard InChI is InChI=1S/C21H31NO5/c1-15(12-18(23)27-20(2,3)4)17-14-26-21(5,6)22(17)19(24)25-13-16-10-8-7-9-11-16/h7-11,15,17H,12-14H2,1-6H3/t15-,17+/m0/s1. The van der Waals surface area contributed by atoms with Gasteiger partial charge in [-0.05, 0) is 46.1 Å². The van der Waals surface area contributed by atoms with Gasteiger partial charge in [0.1, 0.15) is 17.9 Å². The zero-order valence-electron chi connectivity index (χ0n) is 17.2. The molecule has 0 bridgehead atoms. The highest BCUT2D eigenvalue weighted by molar-refractivity contribution is 5.71. The van der Waals surface area contributed by atoms with E-state index in [9.17, 15) is 9.59 Å². The van der Waals surface area contributed by atoms with Gasteiger partial charge in [0.25, 0.3) is 0 Å². The van der Waals surface area contributed by atoms with E-state index >= 15 is 0 Å². The average molecular weight is 377 g/mol. The molecule has 1 aromatic rings. The second-order valence-corrected chi connectivity index (χ2v) is 8.50. The number of esters is 1. The third-order valence-corrected chi connectivity index (χ3v) is 4.49. The van der Waals surface area contributed by atoms with Crippen molar-refractivity contribution in [3.8, 4) is 0 Å². The van der Waals surface area contributed by atoms with Gasteiger partial charge in [-0.15, -0.1) is 0 Å². The summed E-state index contributed by atoms with van der Waals surface area (Å²) in [5.74, 6) is -0.400. The Morgan fingerprint density at radius 1 is 1.26 bits per heavy atom. The van der Waals surface area contributed by atoms with Gasteiger partial charge in [-0.3, -0.25) is 9.69 Å². The van der Waals surface area contributed by atoms with Crippen LogP contribution in [-0.4, -0.2) is 40.9 Å². The maximum Gasteiger partial charge on any atom is 0.412 e. The Bertz CT molecular complexity index is 650. The maximum absolute atomic E-state index is 12.8. The zero-order valence-corrected chi connectivity index (χ0v) is 17.2. The average Bonchev–Trinajstić information content (AvgIpc) is 2.87. The zero-order chi connectivity index (χ0) is 20.2. The Kier molecular flexibility index (Phi) is 6.52. The van der Waals surface area contributed by atoms with Crippen LogP contribution in [0.1, 0.15) is 53.5 Å². The van der Waals surface area contributed by atoms with Gasteiger partial charge in [0.15, 0.2) is 0 Å². The lowest BCUT2D eigenvalue weighted by Gasteiger charge is -2.35. The Labute approximate surface area is 161 Å². The third kappa shape index (κ3) is 5.96. The molecule has 0 radical (unpaired) electrons. The molecule has 0 spiro atoms. The van der Waals surface area contributed by atoms with Crippen LogP contribution in [0.25, 0.3) is 0 Å². The molecule has 1 fully saturated rings. The third-order valence-electron chi connectivity index (χ3n) is 4.49. The predicted molar refractivity (Wildman–Crippen MR) is 102 cm³/mol. The number of hydrogen-bond donors (Lipinski definition) is 0. The van der Waals surface area contributed by atoms with E-state index < -0.39 is 17.4 Å². The molecule has 1 aliphatic rings. The van der Waals surface area contributed by atoms with E-state index in [2.05, 4.69) is 0 Å². The molecule has 0 N–H and O–H groups in total. The highest BCUT2D eigenvalue weighted by atomic mass is 16.6. The van der Waals surface area contributed by atoms with Crippen LogP contribution in [0, 0.1) is 5.92 Å². The number of carbonyl (C=O) groups excluding carboxylic acids is 2. The number of rotatable bonds is 5.